The standard InChI is InChI=1S/C10H18N2O/c1-9(13)12-6-4-11(5-7-12)8-10-2-3-10/h10H,2-8H2,1H3. The molecule has 13 heavy (non-hydrogen) atoms. The largest absolute Gasteiger partial charge is 0.340 e. The number of carbonyl (C=O) groups excluding carboxylic acids is 1. The Labute approximate surface area is 79.7 Å². The van der Waals surface area contributed by atoms with Crippen molar-refractivity contribution in [2.45, 2.75) is 19.8 Å². The molecule has 2 aliphatic rings. The van der Waals surface area contributed by atoms with Gasteiger partial charge in [-0.3, -0.25) is 9.69 Å². The van der Waals surface area contributed by atoms with Crippen molar-refractivity contribution in [2.24, 2.45) is 5.92 Å². The molecular weight excluding hydrogens is 164 g/mol. The highest BCUT2D eigenvalue weighted by atomic mass is 16.2. The van der Waals surface area contributed by atoms with Gasteiger partial charge >= 0.3 is 0 Å². The van der Waals surface area contributed by atoms with Crippen LogP contribution in [0.15, 0.2) is 0 Å². The second-order valence-electron chi connectivity index (χ2n) is 4.25. The number of piperazine rings is 1. The second kappa shape index (κ2) is 3.66. The quantitative estimate of drug-likeness (QED) is 0.623. The van der Waals surface area contributed by atoms with Crippen LogP contribution in [-0.2, 0) is 4.79 Å². The van der Waals surface area contributed by atoms with E-state index in [0.29, 0.717) is 0 Å². The molecule has 0 radical (unpaired) electrons. The van der Waals surface area contributed by atoms with Gasteiger partial charge < -0.3 is 4.90 Å². The summed E-state index contributed by atoms with van der Waals surface area (Å²) in [5.74, 6) is 1.20. The molecule has 0 aromatic heterocycles. The third-order valence-corrected chi connectivity index (χ3v) is 3.03. The summed E-state index contributed by atoms with van der Waals surface area (Å²) in [5, 5.41) is 0. The average Bonchev–Trinajstić information content (AvgIpc) is 2.89. The zero-order valence-electron chi connectivity index (χ0n) is 8.33. The van der Waals surface area contributed by atoms with Crippen molar-refractivity contribution in [2.75, 3.05) is 32.7 Å². The van der Waals surface area contributed by atoms with E-state index in [1.165, 1.54) is 19.4 Å². The lowest BCUT2D eigenvalue weighted by Crippen LogP contribution is -2.48. The summed E-state index contributed by atoms with van der Waals surface area (Å²) in [6.07, 6.45) is 2.85. The number of rotatable bonds is 2. The molecule has 0 spiro atoms. The molecule has 0 aromatic carbocycles. The van der Waals surface area contributed by atoms with Crippen LogP contribution in [0.25, 0.3) is 0 Å². The summed E-state index contributed by atoms with van der Waals surface area (Å²) in [5.41, 5.74) is 0. The van der Waals surface area contributed by atoms with Gasteiger partial charge in [-0.1, -0.05) is 0 Å². The minimum atomic E-state index is 0.228. The van der Waals surface area contributed by atoms with Gasteiger partial charge in [0.1, 0.15) is 0 Å². The Bertz CT molecular complexity index is 193. The van der Waals surface area contributed by atoms with Gasteiger partial charge in [-0.2, -0.15) is 0 Å². The summed E-state index contributed by atoms with van der Waals surface area (Å²) < 4.78 is 0. The smallest absolute Gasteiger partial charge is 0.219 e. The number of amides is 1. The molecule has 1 amide bonds. The first kappa shape index (κ1) is 9.00. The lowest BCUT2D eigenvalue weighted by Gasteiger charge is -2.34. The number of hydrogen-bond acceptors (Lipinski definition) is 2. The summed E-state index contributed by atoms with van der Waals surface area (Å²) >= 11 is 0. The fraction of sp³-hybridized carbons (Fsp3) is 0.900. The highest BCUT2D eigenvalue weighted by Gasteiger charge is 2.26. The zero-order valence-corrected chi connectivity index (χ0v) is 8.33. The first-order chi connectivity index (χ1) is 6.25. The predicted octanol–water partition coefficient (Wildman–Crippen LogP) is 0.560. The lowest BCUT2D eigenvalue weighted by molar-refractivity contribution is -0.130. The highest BCUT2D eigenvalue weighted by Crippen LogP contribution is 2.29. The van der Waals surface area contributed by atoms with Crippen LogP contribution in [0.5, 0.6) is 0 Å². The van der Waals surface area contributed by atoms with E-state index < -0.39 is 0 Å². The molecule has 0 unspecified atom stereocenters. The van der Waals surface area contributed by atoms with Crippen molar-refractivity contribution >= 4 is 5.91 Å². The normalized spacial score (nSPS) is 24.8. The highest BCUT2D eigenvalue weighted by molar-refractivity contribution is 5.73. The van der Waals surface area contributed by atoms with Crippen LogP contribution in [0.4, 0.5) is 0 Å². The summed E-state index contributed by atoms with van der Waals surface area (Å²) in [6.45, 7) is 6.96. The molecule has 1 aliphatic carbocycles. The van der Waals surface area contributed by atoms with Gasteiger partial charge in [-0.15, -0.1) is 0 Å². The first-order valence-electron chi connectivity index (χ1n) is 5.23. The van der Waals surface area contributed by atoms with Crippen LogP contribution in [0, 0.1) is 5.92 Å². The van der Waals surface area contributed by atoms with Crippen molar-refractivity contribution < 1.29 is 4.79 Å². The minimum absolute atomic E-state index is 0.228. The zero-order chi connectivity index (χ0) is 9.26. The van der Waals surface area contributed by atoms with E-state index >= 15 is 0 Å². The van der Waals surface area contributed by atoms with Crippen LogP contribution in [0.1, 0.15) is 19.8 Å². The average molecular weight is 182 g/mol. The predicted molar refractivity (Wildman–Crippen MR) is 51.4 cm³/mol. The molecule has 3 nitrogen and oxygen atoms in total. The van der Waals surface area contributed by atoms with Gasteiger partial charge in [0.05, 0.1) is 0 Å². The molecule has 2 fully saturated rings. The van der Waals surface area contributed by atoms with Gasteiger partial charge in [0.15, 0.2) is 0 Å². The lowest BCUT2D eigenvalue weighted by atomic mass is 10.3. The van der Waals surface area contributed by atoms with E-state index in [1.807, 2.05) is 4.90 Å². The summed E-state index contributed by atoms with van der Waals surface area (Å²) in [6, 6.07) is 0. The Hall–Kier alpha value is -0.570. The Balaban J connectivity index is 1.71. The molecule has 1 heterocycles. The van der Waals surface area contributed by atoms with Gasteiger partial charge in [-0.05, 0) is 18.8 Å². The summed E-state index contributed by atoms with van der Waals surface area (Å²) in [7, 11) is 0. The van der Waals surface area contributed by atoms with Crippen LogP contribution < -0.4 is 0 Å². The van der Waals surface area contributed by atoms with Crippen LogP contribution in [0.2, 0.25) is 0 Å². The van der Waals surface area contributed by atoms with Gasteiger partial charge in [0.25, 0.3) is 0 Å². The molecule has 1 saturated carbocycles. The second-order valence-corrected chi connectivity index (χ2v) is 4.25. The van der Waals surface area contributed by atoms with E-state index in [0.717, 1.165) is 32.1 Å². The topological polar surface area (TPSA) is 23.6 Å². The maximum Gasteiger partial charge on any atom is 0.219 e. The minimum Gasteiger partial charge on any atom is -0.340 e. The molecule has 0 atom stereocenters. The van der Waals surface area contributed by atoms with E-state index in [2.05, 4.69) is 4.90 Å². The number of nitrogens with zero attached hydrogens (tertiary/aromatic N) is 2. The molecule has 0 N–H and O–H groups in total. The number of carbonyl (C=O) groups is 1. The SMILES string of the molecule is CC(=O)N1CCN(CC2CC2)CC1. The Kier molecular flexibility index (Phi) is 2.54. The monoisotopic (exact) mass is 182 g/mol. The molecule has 74 valence electrons. The Morgan fingerprint density at radius 3 is 2.31 bits per heavy atom. The summed E-state index contributed by atoms with van der Waals surface area (Å²) in [4.78, 5) is 15.5. The molecule has 1 saturated heterocycles. The van der Waals surface area contributed by atoms with E-state index in [9.17, 15) is 4.79 Å². The third-order valence-electron chi connectivity index (χ3n) is 3.03. The molecule has 0 aromatic rings. The third kappa shape index (κ3) is 2.44. The molecule has 1 aliphatic heterocycles. The maximum absolute atomic E-state index is 11.0. The first-order valence-corrected chi connectivity index (χ1v) is 5.23. The molecule has 2 rings (SSSR count). The van der Waals surface area contributed by atoms with Crippen molar-refractivity contribution in [1.29, 1.82) is 0 Å². The van der Waals surface area contributed by atoms with Crippen molar-refractivity contribution in [1.82, 2.24) is 9.80 Å². The fourth-order valence-electron chi connectivity index (χ4n) is 1.91. The Morgan fingerprint density at radius 1 is 1.23 bits per heavy atom. The van der Waals surface area contributed by atoms with Crippen molar-refractivity contribution in [3.8, 4) is 0 Å². The van der Waals surface area contributed by atoms with E-state index in [4.69, 9.17) is 0 Å². The van der Waals surface area contributed by atoms with Crippen molar-refractivity contribution in [3.63, 3.8) is 0 Å². The molecular formula is C10H18N2O. The molecule has 3 heteroatoms. The van der Waals surface area contributed by atoms with E-state index in [-0.39, 0.29) is 5.91 Å². The molecule has 0 bridgehead atoms. The van der Waals surface area contributed by atoms with Gasteiger partial charge in [0, 0.05) is 39.6 Å². The van der Waals surface area contributed by atoms with Gasteiger partial charge in [-0.25, -0.2) is 0 Å². The fourth-order valence-corrected chi connectivity index (χ4v) is 1.91. The van der Waals surface area contributed by atoms with Crippen molar-refractivity contribution in [3.05, 3.63) is 0 Å². The van der Waals surface area contributed by atoms with Gasteiger partial charge in [0.2, 0.25) is 5.91 Å². The Morgan fingerprint density at radius 2 is 1.85 bits per heavy atom. The maximum atomic E-state index is 11.0. The van der Waals surface area contributed by atoms with Crippen LogP contribution in [-0.4, -0.2) is 48.4 Å². The van der Waals surface area contributed by atoms with E-state index in [1.54, 1.807) is 6.92 Å². The number of hydrogen-bond donors (Lipinski definition) is 0. The van der Waals surface area contributed by atoms with Crippen LogP contribution in [0.3, 0.4) is 0 Å². The van der Waals surface area contributed by atoms with Crippen LogP contribution >= 0.6 is 0 Å².